The Hall–Kier alpha value is -1.06. The van der Waals surface area contributed by atoms with Gasteiger partial charge in [0.15, 0.2) is 5.96 Å². The highest BCUT2D eigenvalue weighted by atomic mass is 127. The number of carbonyl (C=O) groups excluding carboxylic acids is 1. The fourth-order valence-electron chi connectivity index (χ4n) is 4.22. The fraction of sp³-hybridized carbons (Fsp3) is 0.636. The largest absolute Gasteiger partial charge is 0.386 e. The minimum atomic E-state index is -0.757. The third-order valence-corrected chi connectivity index (χ3v) is 6.17. The Labute approximate surface area is 201 Å². The molecule has 0 aromatic heterocycles. The fourth-order valence-corrected chi connectivity index (χ4v) is 4.48. The number of nitrogens with zero attached hydrogens (tertiary/aromatic N) is 2. The molecule has 3 N–H and O–H groups in total. The highest BCUT2D eigenvalue weighted by Crippen LogP contribution is 2.27. The van der Waals surface area contributed by atoms with Crippen molar-refractivity contribution in [1.82, 2.24) is 15.5 Å². The third kappa shape index (κ3) is 6.99. The number of likely N-dealkylation sites (tertiary alicyclic amines) is 1. The van der Waals surface area contributed by atoms with Crippen LogP contribution in [-0.4, -0.2) is 54.1 Å². The Morgan fingerprint density at radius 3 is 2.70 bits per heavy atom. The van der Waals surface area contributed by atoms with Crippen molar-refractivity contribution in [2.24, 2.45) is 10.9 Å². The number of benzene rings is 1. The molecule has 1 amide bonds. The van der Waals surface area contributed by atoms with Gasteiger partial charge in [0, 0.05) is 42.2 Å². The number of aliphatic imine (C=N–C) groups is 1. The van der Waals surface area contributed by atoms with Gasteiger partial charge in [-0.05, 0) is 32.3 Å². The van der Waals surface area contributed by atoms with Gasteiger partial charge < -0.3 is 20.6 Å². The van der Waals surface area contributed by atoms with Crippen molar-refractivity contribution in [2.45, 2.75) is 57.6 Å². The molecule has 3 rings (SSSR count). The molecule has 1 aromatic carbocycles. The van der Waals surface area contributed by atoms with Crippen LogP contribution < -0.4 is 10.6 Å². The van der Waals surface area contributed by atoms with Gasteiger partial charge in [-0.2, -0.15) is 0 Å². The summed E-state index contributed by atoms with van der Waals surface area (Å²) >= 11 is 6.17. The summed E-state index contributed by atoms with van der Waals surface area (Å²) in [5.41, 5.74) is 0.680. The van der Waals surface area contributed by atoms with Crippen LogP contribution in [0.2, 0.25) is 5.02 Å². The van der Waals surface area contributed by atoms with Gasteiger partial charge in [0.25, 0.3) is 0 Å². The summed E-state index contributed by atoms with van der Waals surface area (Å²) in [4.78, 5) is 19.3. The van der Waals surface area contributed by atoms with E-state index in [9.17, 15) is 9.90 Å². The predicted molar refractivity (Wildman–Crippen MR) is 133 cm³/mol. The zero-order valence-corrected chi connectivity index (χ0v) is 20.7. The van der Waals surface area contributed by atoms with Crippen molar-refractivity contribution in [2.75, 3.05) is 26.2 Å². The lowest BCUT2D eigenvalue weighted by molar-refractivity contribution is -0.135. The van der Waals surface area contributed by atoms with Crippen LogP contribution in [0.4, 0.5) is 0 Å². The van der Waals surface area contributed by atoms with Crippen LogP contribution in [0.25, 0.3) is 0 Å². The van der Waals surface area contributed by atoms with Crippen molar-refractivity contribution in [3.63, 3.8) is 0 Å². The molecule has 2 fully saturated rings. The van der Waals surface area contributed by atoms with E-state index < -0.39 is 6.10 Å². The molecule has 6 nitrogen and oxygen atoms in total. The first-order valence-corrected chi connectivity index (χ1v) is 11.2. The van der Waals surface area contributed by atoms with Crippen molar-refractivity contribution in [1.29, 1.82) is 0 Å². The summed E-state index contributed by atoms with van der Waals surface area (Å²) in [5.74, 6) is 1.20. The lowest BCUT2D eigenvalue weighted by Crippen LogP contribution is -2.45. The lowest BCUT2D eigenvalue weighted by atomic mass is 9.88. The van der Waals surface area contributed by atoms with Crippen LogP contribution in [0.5, 0.6) is 0 Å². The van der Waals surface area contributed by atoms with Crippen molar-refractivity contribution in [3.8, 4) is 0 Å². The molecule has 1 saturated carbocycles. The normalized spacial score (nSPS) is 21.1. The molecule has 8 heteroatoms. The molecule has 2 unspecified atom stereocenters. The van der Waals surface area contributed by atoms with Crippen molar-refractivity contribution >= 4 is 47.4 Å². The number of nitrogens with one attached hydrogen (secondary N) is 2. The Balaban J connectivity index is 0.00000320. The molecule has 2 atom stereocenters. The smallest absolute Gasteiger partial charge is 0.225 e. The van der Waals surface area contributed by atoms with E-state index >= 15 is 0 Å². The number of aliphatic hydroxyl groups is 1. The average molecular weight is 549 g/mol. The maximum atomic E-state index is 12.8. The number of hydrogen-bond donors (Lipinski definition) is 3. The maximum absolute atomic E-state index is 12.8. The topological polar surface area (TPSA) is 77.0 Å². The average Bonchev–Trinajstić information content (AvgIpc) is 3.21. The van der Waals surface area contributed by atoms with Gasteiger partial charge in [-0.15, -0.1) is 24.0 Å². The van der Waals surface area contributed by atoms with Gasteiger partial charge >= 0.3 is 0 Å². The second-order valence-corrected chi connectivity index (χ2v) is 8.41. The minimum Gasteiger partial charge on any atom is -0.386 e. The van der Waals surface area contributed by atoms with Gasteiger partial charge in [-0.1, -0.05) is 49.1 Å². The van der Waals surface area contributed by atoms with E-state index in [1.54, 1.807) is 6.07 Å². The van der Waals surface area contributed by atoms with Crippen LogP contribution in [-0.2, 0) is 4.79 Å². The molecule has 2 aliphatic rings. The molecule has 30 heavy (non-hydrogen) atoms. The SMILES string of the molecule is CCNC(=NCC(O)c1ccccc1Cl)NC1CCN(C(=O)C2CCCCC2)C1.I. The van der Waals surface area contributed by atoms with E-state index in [-0.39, 0.29) is 42.5 Å². The first kappa shape index (κ1) is 25.2. The number of amides is 1. The van der Waals surface area contributed by atoms with Crippen molar-refractivity contribution < 1.29 is 9.90 Å². The molecule has 1 aliphatic carbocycles. The minimum absolute atomic E-state index is 0. The second-order valence-electron chi connectivity index (χ2n) is 8.01. The van der Waals surface area contributed by atoms with E-state index in [4.69, 9.17) is 11.6 Å². The van der Waals surface area contributed by atoms with E-state index in [1.807, 2.05) is 30.0 Å². The zero-order chi connectivity index (χ0) is 20.6. The first-order chi connectivity index (χ1) is 14.1. The van der Waals surface area contributed by atoms with Gasteiger partial charge in [0.05, 0.1) is 6.54 Å². The molecule has 0 radical (unpaired) electrons. The summed E-state index contributed by atoms with van der Waals surface area (Å²) in [6.07, 6.45) is 5.85. The Kier molecular flexibility index (Phi) is 10.7. The molecule has 1 aromatic rings. The Morgan fingerprint density at radius 2 is 2.00 bits per heavy atom. The molecular formula is C22H34ClIN4O2. The van der Waals surface area contributed by atoms with Crippen LogP contribution >= 0.6 is 35.6 Å². The van der Waals surface area contributed by atoms with Gasteiger partial charge in [0.2, 0.25) is 5.91 Å². The quantitative estimate of drug-likeness (QED) is 0.288. The van der Waals surface area contributed by atoms with Crippen LogP contribution in [0.3, 0.4) is 0 Å². The van der Waals surface area contributed by atoms with E-state index in [2.05, 4.69) is 15.6 Å². The summed E-state index contributed by atoms with van der Waals surface area (Å²) in [5, 5.41) is 17.6. The number of aliphatic hydroxyl groups excluding tert-OH is 1. The van der Waals surface area contributed by atoms with E-state index in [1.165, 1.54) is 19.3 Å². The number of hydrogen-bond acceptors (Lipinski definition) is 3. The van der Waals surface area contributed by atoms with Gasteiger partial charge in [0.1, 0.15) is 6.10 Å². The summed E-state index contributed by atoms with van der Waals surface area (Å²) < 4.78 is 0. The number of halogens is 2. The van der Waals surface area contributed by atoms with Gasteiger partial charge in [-0.25, -0.2) is 0 Å². The second kappa shape index (κ2) is 12.7. The van der Waals surface area contributed by atoms with E-state index in [0.29, 0.717) is 29.0 Å². The van der Waals surface area contributed by atoms with Crippen LogP contribution in [0.1, 0.15) is 57.1 Å². The van der Waals surface area contributed by atoms with E-state index in [0.717, 1.165) is 32.4 Å². The molecule has 1 aliphatic heterocycles. The molecule has 0 spiro atoms. The van der Waals surface area contributed by atoms with Crippen LogP contribution in [0, 0.1) is 5.92 Å². The molecule has 0 bridgehead atoms. The zero-order valence-electron chi connectivity index (χ0n) is 17.6. The molecule has 1 saturated heterocycles. The molecule has 1 heterocycles. The first-order valence-electron chi connectivity index (χ1n) is 10.8. The summed E-state index contributed by atoms with van der Waals surface area (Å²) in [6.45, 7) is 4.47. The number of carbonyl (C=O) groups is 1. The standard InChI is InChI=1S/C22H33ClN4O2.HI/c1-2-24-22(25-14-20(28)18-10-6-7-11-19(18)23)26-17-12-13-27(15-17)21(29)16-8-4-3-5-9-16;/h6-7,10-11,16-17,20,28H,2-5,8-9,12-15H2,1H3,(H2,24,25,26);1H. The molecule has 168 valence electrons. The van der Waals surface area contributed by atoms with Crippen molar-refractivity contribution in [3.05, 3.63) is 34.9 Å². The summed E-state index contributed by atoms with van der Waals surface area (Å²) in [7, 11) is 0. The predicted octanol–water partition coefficient (Wildman–Crippen LogP) is 3.73. The lowest BCUT2D eigenvalue weighted by Gasteiger charge is -2.26. The number of guanidine groups is 1. The highest BCUT2D eigenvalue weighted by Gasteiger charge is 2.31. The molecular weight excluding hydrogens is 515 g/mol. The number of rotatable bonds is 6. The Bertz CT molecular complexity index is 712. The summed E-state index contributed by atoms with van der Waals surface area (Å²) in [6, 6.07) is 7.46. The third-order valence-electron chi connectivity index (χ3n) is 5.83. The Morgan fingerprint density at radius 1 is 1.27 bits per heavy atom. The van der Waals surface area contributed by atoms with Crippen LogP contribution in [0.15, 0.2) is 29.3 Å². The highest BCUT2D eigenvalue weighted by molar-refractivity contribution is 14.0. The van der Waals surface area contributed by atoms with Gasteiger partial charge in [-0.3, -0.25) is 9.79 Å². The maximum Gasteiger partial charge on any atom is 0.225 e. The monoisotopic (exact) mass is 548 g/mol.